The summed E-state index contributed by atoms with van der Waals surface area (Å²) in [6.07, 6.45) is 4.88. The van der Waals surface area contributed by atoms with Crippen molar-refractivity contribution in [2.45, 2.75) is 71.0 Å². The molecular weight excluding hydrogens is 519 g/mol. The molecule has 1 aliphatic rings. The predicted octanol–water partition coefficient (Wildman–Crippen LogP) is 7.36. The molecule has 33 heavy (non-hydrogen) atoms. The fourth-order valence-electron chi connectivity index (χ4n) is 5.17. The Kier molecular flexibility index (Phi) is 6.63. The van der Waals surface area contributed by atoms with Gasteiger partial charge in [0.05, 0.1) is 28.9 Å². The van der Waals surface area contributed by atoms with Crippen LogP contribution in [0, 0.1) is 10.5 Å². The largest absolute Gasteiger partial charge is 0.375 e. The smallest absolute Gasteiger partial charge is 0.134 e. The number of anilines is 1. The lowest BCUT2D eigenvalue weighted by molar-refractivity contribution is 0.263. The van der Waals surface area contributed by atoms with Crippen molar-refractivity contribution in [3.8, 4) is 0 Å². The molecule has 1 aromatic heterocycles. The van der Waals surface area contributed by atoms with E-state index in [0.29, 0.717) is 0 Å². The summed E-state index contributed by atoms with van der Waals surface area (Å²) in [6, 6.07) is 17.7. The van der Waals surface area contributed by atoms with Crippen LogP contribution in [0.25, 0.3) is 5.70 Å². The maximum atomic E-state index is 4.80. The normalized spacial score (nSPS) is 17.2. The molecule has 2 N–H and O–H groups in total. The molecule has 2 aromatic carbocycles. The van der Waals surface area contributed by atoms with Crippen LogP contribution in [0.15, 0.2) is 61.3 Å². The molecule has 4 nitrogen and oxygen atoms in total. The minimum Gasteiger partial charge on any atom is -0.375 e. The Hall–Kier alpha value is -2.28. The monoisotopic (exact) mass is 554 g/mol. The molecule has 174 valence electrons. The molecule has 1 atom stereocenters. The Morgan fingerprint density at radius 3 is 2.48 bits per heavy atom. The van der Waals surface area contributed by atoms with Crippen LogP contribution in [-0.2, 0) is 11.1 Å². The number of aromatic nitrogens is 2. The van der Waals surface area contributed by atoms with Crippen LogP contribution in [0.1, 0.15) is 75.3 Å². The summed E-state index contributed by atoms with van der Waals surface area (Å²) in [5.74, 6) is 1.04. The summed E-state index contributed by atoms with van der Waals surface area (Å²) in [6.45, 7) is 15.7. The first kappa shape index (κ1) is 23.9. The second-order valence-corrected chi connectivity index (χ2v) is 11.0. The summed E-state index contributed by atoms with van der Waals surface area (Å²) in [7, 11) is 0. The highest BCUT2D eigenvalue weighted by molar-refractivity contribution is 14.1. The van der Waals surface area contributed by atoms with Gasteiger partial charge in [-0.1, -0.05) is 56.8 Å². The van der Waals surface area contributed by atoms with E-state index in [9.17, 15) is 0 Å². The molecule has 3 aromatic rings. The fraction of sp³-hybridized carbons (Fsp3) is 0.393. The summed E-state index contributed by atoms with van der Waals surface area (Å²) >= 11 is 2.36. The van der Waals surface area contributed by atoms with Gasteiger partial charge < -0.3 is 10.6 Å². The molecule has 1 aliphatic heterocycles. The SMILES string of the molecule is C=C(NC(CC)(CC)c1ccc(I)cc1)c1cnn2c1NC(c1ccccc1C)CC2(C)C. The number of nitrogens with zero attached hydrogens (tertiary/aromatic N) is 2. The van der Waals surface area contributed by atoms with Crippen LogP contribution in [0.2, 0.25) is 0 Å². The standard InChI is InChI=1S/C28H35IN4/c1-7-28(8-2,21-13-15-22(29)16-14-21)32-20(4)24-18-30-33-26(24)31-25(17-27(33,5)6)23-12-10-9-11-19(23)3/h9-16,18,25,31-32H,4,7-8,17H2,1-3,5-6H3. The zero-order valence-corrected chi connectivity index (χ0v) is 22.5. The van der Waals surface area contributed by atoms with E-state index >= 15 is 0 Å². The van der Waals surface area contributed by atoms with E-state index in [0.717, 1.165) is 36.3 Å². The Bertz CT molecular complexity index is 1140. The molecular formula is C28H35IN4. The van der Waals surface area contributed by atoms with Crippen molar-refractivity contribution in [1.82, 2.24) is 15.1 Å². The van der Waals surface area contributed by atoms with Gasteiger partial charge in [-0.2, -0.15) is 5.10 Å². The lowest BCUT2D eigenvalue weighted by Crippen LogP contribution is -2.41. The Morgan fingerprint density at radius 2 is 1.85 bits per heavy atom. The third-order valence-corrected chi connectivity index (χ3v) is 7.96. The van der Waals surface area contributed by atoms with Gasteiger partial charge in [-0.25, -0.2) is 4.68 Å². The van der Waals surface area contributed by atoms with Gasteiger partial charge in [0, 0.05) is 9.27 Å². The van der Waals surface area contributed by atoms with Crippen LogP contribution in [0.4, 0.5) is 5.82 Å². The lowest BCUT2D eigenvalue weighted by atomic mass is 9.84. The number of rotatable bonds is 7. The zero-order chi connectivity index (χ0) is 23.8. The van der Waals surface area contributed by atoms with Gasteiger partial charge in [-0.15, -0.1) is 0 Å². The van der Waals surface area contributed by atoms with Crippen LogP contribution in [0.3, 0.4) is 0 Å². The predicted molar refractivity (Wildman–Crippen MR) is 147 cm³/mol. The second-order valence-electron chi connectivity index (χ2n) is 9.79. The van der Waals surface area contributed by atoms with Gasteiger partial charge in [0.2, 0.25) is 0 Å². The number of halogens is 1. The molecule has 1 unspecified atom stereocenters. The molecule has 0 saturated heterocycles. The molecule has 5 heteroatoms. The van der Waals surface area contributed by atoms with Crippen molar-refractivity contribution >= 4 is 34.1 Å². The van der Waals surface area contributed by atoms with Crippen molar-refractivity contribution in [1.29, 1.82) is 0 Å². The molecule has 0 bridgehead atoms. The van der Waals surface area contributed by atoms with Crippen LogP contribution in [-0.4, -0.2) is 9.78 Å². The van der Waals surface area contributed by atoms with Crippen LogP contribution in [0.5, 0.6) is 0 Å². The first-order chi connectivity index (χ1) is 15.7. The molecule has 0 saturated carbocycles. The van der Waals surface area contributed by atoms with Gasteiger partial charge in [-0.3, -0.25) is 0 Å². The first-order valence-electron chi connectivity index (χ1n) is 11.8. The molecule has 0 spiro atoms. The average Bonchev–Trinajstić information content (AvgIpc) is 3.23. The van der Waals surface area contributed by atoms with Gasteiger partial charge in [-0.05, 0) is 91.4 Å². The summed E-state index contributed by atoms with van der Waals surface area (Å²) in [5, 5.41) is 12.4. The molecule has 2 heterocycles. The van der Waals surface area contributed by atoms with Crippen molar-refractivity contribution in [3.63, 3.8) is 0 Å². The van der Waals surface area contributed by atoms with Crippen molar-refractivity contribution in [3.05, 3.63) is 87.1 Å². The average molecular weight is 555 g/mol. The third kappa shape index (κ3) is 4.44. The Labute approximate surface area is 212 Å². The number of hydrogen-bond donors (Lipinski definition) is 2. The van der Waals surface area contributed by atoms with E-state index < -0.39 is 0 Å². The number of hydrogen-bond acceptors (Lipinski definition) is 3. The number of aryl methyl sites for hydroxylation is 1. The Balaban J connectivity index is 1.69. The quantitative estimate of drug-likeness (QED) is 0.300. The van der Waals surface area contributed by atoms with E-state index in [4.69, 9.17) is 5.10 Å². The Morgan fingerprint density at radius 1 is 1.18 bits per heavy atom. The van der Waals surface area contributed by atoms with Gasteiger partial charge in [0.1, 0.15) is 5.82 Å². The minimum absolute atomic E-state index is 0.102. The molecule has 0 aliphatic carbocycles. The summed E-state index contributed by atoms with van der Waals surface area (Å²) < 4.78 is 3.38. The molecule has 0 radical (unpaired) electrons. The summed E-state index contributed by atoms with van der Waals surface area (Å²) in [4.78, 5) is 0. The molecule has 0 amide bonds. The molecule has 4 rings (SSSR count). The van der Waals surface area contributed by atoms with E-state index in [2.05, 4.69) is 128 Å². The van der Waals surface area contributed by atoms with E-state index in [-0.39, 0.29) is 17.1 Å². The van der Waals surface area contributed by atoms with Crippen molar-refractivity contribution in [2.24, 2.45) is 0 Å². The first-order valence-corrected chi connectivity index (χ1v) is 12.9. The van der Waals surface area contributed by atoms with E-state index in [1.807, 2.05) is 6.20 Å². The topological polar surface area (TPSA) is 41.9 Å². The van der Waals surface area contributed by atoms with Gasteiger partial charge in [0.25, 0.3) is 0 Å². The van der Waals surface area contributed by atoms with E-state index in [1.54, 1.807) is 0 Å². The van der Waals surface area contributed by atoms with Crippen LogP contribution >= 0.6 is 22.6 Å². The van der Waals surface area contributed by atoms with Gasteiger partial charge >= 0.3 is 0 Å². The highest BCUT2D eigenvalue weighted by Gasteiger charge is 2.37. The van der Waals surface area contributed by atoms with Gasteiger partial charge in [0.15, 0.2) is 0 Å². The van der Waals surface area contributed by atoms with Crippen molar-refractivity contribution in [2.75, 3.05) is 5.32 Å². The third-order valence-electron chi connectivity index (χ3n) is 7.24. The highest BCUT2D eigenvalue weighted by atomic mass is 127. The lowest BCUT2D eigenvalue weighted by Gasteiger charge is -2.39. The maximum Gasteiger partial charge on any atom is 0.134 e. The second kappa shape index (κ2) is 9.16. The number of nitrogens with one attached hydrogen (secondary N) is 2. The zero-order valence-electron chi connectivity index (χ0n) is 20.4. The number of fused-ring (bicyclic) bond motifs is 1. The maximum absolute atomic E-state index is 4.80. The highest BCUT2D eigenvalue weighted by Crippen LogP contribution is 2.42. The number of benzene rings is 2. The van der Waals surface area contributed by atoms with Crippen molar-refractivity contribution < 1.29 is 0 Å². The molecule has 0 fully saturated rings. The minimum atomic E-state index is -0.171. The summed E-state index contributed by atoms with van der Waals surface area (Å²) in [5.41, 5.74) is 5.63. The van der Waals surface area contributed by atoms with Crippen LogP contribution < -0.4 is 10.6 Å². The fourth-order valence-corrected chi connectivity index (χ4v) is 5.53. The van der Waals surface area contributed by atoms with E-state index in [1.165, 1.54) is 20.3 Å².